The Morgan fingerprint density at radius 1 is 1.67 bits per heavy atom. The zero-order valence-corrected chi connectivity index (χ0v) is 6.77. The van der Waals surface area contributed by atoms with E-state index >= 15 is 0 Å². The number of hydrogen-bond donors (Lipinski definition) is 1. The molecule has 0 aromatic carbocycles. The topological polar surface area (TPSA) is 37.3 Å². The Bertz CT molecular complexity index is 128. The molecule has 1 fully saturated rings. The first kappa shape index (κ1) is 7.59. The molecule has 0 saturated carbocycles. The summed E-state index contributed by atoms with van der Waals surface area (Å²) in [5, 5.41) is 8.61. The van der Waals surface area contributed by atoms with Crippen molar-refractivity contribution in [1.29, 1.82) is 0 Å². The Kier molecular flexibility index (Phi) is 2.57. The molecule has 1 aliphatic heterocycles. The minimum atomic E-state index is -1.41. The minimum absolute atomic E-state index is 0.0404. The molecule has 54 valence electrons. The summed E-state index contributed by atoms with van der Waals surface area (Å²) in [6, 6.07) is 0. The third-order valence-electron chi connectivity index (χ3n) is 1.66. The molecule has 3 unspecified atom stereocenters. The maximum atomic E-state index is 10.8. The van der Waals surface area contributed by atoms with Gasteiger partial charge in [-0.2, -0.15) is 0 Å². The van der Waals surface area contributed by atoms with Gasteiger partial charge in [-0.25, -0.2) is 0 Å². The second-order valence-corrected chi connectivity index (χ2v) is 4.86. The van der Waals surface area contributed by atoms with Gasteiger partial charge in [0.05, 0.1) is 7.80 Å². The van der Waals surface area contributed by atoms with Gasteiger partial charge in [0, 0.05) is 30.2 Å². The van der Waals surface area contributed by atoms with E-state index in [1.807, 2.05) is 0 Å². The minimum Gasteiger partial charge on any atom is -0.396 e. The molecule has 1 N–H and O–H groups in total. The molecular weight excluding hydrogens is 158 g/mol. The maximum absolute atomic E-state index is 10.8. The average Bonchev–Trinajstić information content (AvgIpc) is 2.10. The van der Waals surface area contributed by atoms with E-state index < -0.39 is 7.80 Å². The van der Waals surface area contributed by atoms with Crippen LogP contribution >= 0.6 is 19.4 Å². The van der Waals surface area contributed by atoms with Gasteiger partial charge in [0.2, 0.25) is 0 Å². The van der Waals surface area contributed by atoms with Crippen molar-refractivity contribution < 1.29 is 9.67 Å². The van der Waals surface area contributed by atoms with E-state index in [2.05, 4.69) is 0 Å². The highest BCUT2D eigenvalue weighted by Gasteiger charge is 2.29. The van der Waals surface area contributed by atoms with Crippen LogP contribution in [-0.4, -0.2) is 29.4 Å². The average molecular weight is 169 g/mol. The van der Waals surface area contributed by atoms with Crippen LogP contribution in [0.25, 0.3) is 0 Å². The van der Waals surface area contributed by atoms with Crippen LogP contribution in [0.1, 0.15) is 0 Å². The van der Waals surface area contributed by atoms with Crippen molar-refractivity contribution in [3.8, 4) is 0 Å². The Balaban J connectivity index is 2.47. The maximum Gasteiger partial charge on any atom is 0.0780 e. The van der Waals surface area contributed by atoms with Crippen molar-refractivity contribution in [3.05, 3.63) is 0 Å². The van der Waals surface area contributed by atoms with Crippen LogP contribution in [0, 0.1) is 5.92 Å². The summed E-state index contributed by atoms with van der Waals surface area (Å²) in [5.41, 5.74) is 0. The SMILES string of the molecule is O=[PH]1CC(Cl)C(CO)C1. The second kappa shape index (κ2) is 3.05. The molecule has 4 heteroatoms. The molecule has 0 amide bonds. The number of aliphatic hydroxyl groups is 1. The van der Waals surface area contributed by atoms with Gasteiger partial charge in [-0.15, -0.1) is 11.6 Å². The Morgan fingerprint density at radius 3 is 2.56 bits per heavy atom. The van der Waals surface area contributed by atoms with Gasteiger partial charge in [0.1, 0.15) is 0 Å². The lowest BCUT2D eigenvalue weighted by Gasteiger charge is -2.06. The number of hydrogen-bond acceptors (Lipinski definition) is 2. The van der Waals surface area contributed by atoms with Crippen molar-refractivity contribution in [3.63, 3.8) is 0 Å². The number of aliphatic hydroxyl groups excluding tert-OH is 1. The van der Waals surface area contributed by atoms with Crippen LogP contribution in [-0.2, 0) is 4.57 Å². The zero-order valence-electron chi connectivity index (χ0n) is 5.01. The monoisotopic (exact) mass is 168 g/mol. The molecule has 1 heterocycles. The molecule has 3 atom stereocenters. The van der Waals surface area contributed by atoms with Gasteiger partial charge in [0.25, 0.3) is 0 Å². The lowest BCUT2D eigenvalue weighted by Crippen LogP contribution is -2.15. The summed E-state index contributed by atoms with van der Waals surface area (Å²) in [7, 11) is -1.41. The van der Waals surface area contributed by atoms with Gasteiger partial charge in [0.15, 0.2) is 0 Å². The summed E-state index contributed by atoms with van der Waals surface area (Å²) in [6.07, 6.45) is 1.27. The molecule has 0 aromatic rings. The fraction of sp³-hybridized carbons (Fsp3) is 1.00. The summed E-state index contributed by atoms with van der Waals surface area (Å²) >= 11 is 5.74. The summed E-state index contributed by atoms with van der Waals surface area (Å²) in [4.78, 5) is 0. The normalized spacial score (nSPS) is 43.6. The summed E-state index contributed by atoms with van der Waals surface area (Å²) in [6.45, 7) is 0.0879. The predicted octanol–water partition coefficient (Wildman–Crippen LogP) is 0.776. The molecule has 0 aromatic heterocycles. The molecule has 9 heavy (non-hydrogen) atoms. The first-order valence-electron chi connectivity index (χ1n) is 3.00. The molecule has 1 rings (SSSR count). The van der Waals surface area contributed by atoms with Crippen LogP contribution in [0.4, 0.5) is 0 Å². The Morgan fingerprint density at radius 2 is 2.33 bits per heavy atom. The quantitative estimate of drug-likeness (QED) is 0.464. The predicted molar refractivity (Wildman–Crippen MR) is 39.0 cm³/mol. The lowest BCUT2D eigenvalue weighted by atomic mass is 10.1. The molecule has 0 radical (unpaired) electrons. The van der Waals surface area contributed by atoms with Crippen LogP contribution in [0.15, 0.2) is 0 Å². The first-order chi connectivity index (χ1) is 4.24. The molecule has 0 bridgehead atoms. The van der Waals surface area contributed by atoms with E-state index in [1.165, 1.54) is 0 Å². The van der Waals surface area contributed by atoms with Crippen LogP contribution in [0.3, 0.4) is 0 Å². The molecule has 2 nitrogen and oxygen atoms in total. The lowest BCUT2D eigenvalue weighted by molar-refractivity contribution is 0.242. The molecule has 1 aliphatic rings. The van der Waals surface area contributed by atoms with E-state index in [4.69, 9.17) is 16.7 Å². The van der Waals surface area contributed by atoms with Crippen molar-refractivity contribution >= 4 is 19.4 Å². The van der Waals surface area contributed by atoms with E-state index in [0.717, 1.165) is 0 Å². The number of halogens is 1. The standard InChI is InChI=1S/C5H10ClO2P/c6-5-3-9(8)2-4(5)1-7/h4-5,7,9H,1-3H2. The van der Waals surface area contributed by atoms with Gasteiger partial charge in [-0.3, -0.25) is 0 Å². The van der Waals surface area contributed by atoms with Crippen LogP contribution < -0.4 is 0 Å². The van der Waals surface area contributed by atoms with E-state index in [9.17, 15) is 4.57 Å². The molecule has 0 spiro atoms. The van der Waals surface area contributed by atoms with Gasteiger partial charge < -0.3 is 9.67 Å². The third-order valence-corrected chi connectivity index (χ3v) is 4.30. The van der Waals surface area contributed by atoms with Crippen molar-refractivity contribution in [2.75, 3.05) is 18.9 Å². The summed E-state index contributed by atoms with van der Waals surface area (Å²) < 4.78 is 10.8. The largest absolute Gasteiger partial charge is 0.396 e. The Hall–Kier alpha value is 0.480. The van der Waals surface area contributed by atoms with Crippen LogP contribution in [0.2, 0.25) is 0 Å². The third kappa shape index (κ3) is 1.70. The van der Waals surface area contributed by atoms with E-state index in [0.29, 0.717) is 12.3 Å². The Labute approximate surface area is 60.0 Å². The van der Waals surface area contributed by atoms with Gasteiger partial charge in [-0.1, -0.05) is 0 Å². The first-order valence-corrected chi connectivity index (χ1v) is 5.26. The van der Waals surface area contributed by atoms with Crippen LogP contribution in [0.5, 0.6) is 0 Å². The molecular formula is C5H10ClO2P. The van der Waals surface area contributed by atoms with Gasteiger partial charge >= 0.3 is 0 Å². The molecule has 0 aliphatic carbocycles. The molecule has 1 saturated heterocycles. The number of alkyl halides is 1. The van der Waals surface area contributed by atoms with E-state index in [1.54, 1.807) is 0 Å². The smallest absolute Gasteiger partial charge is 0.0780 e. The second-order valence-electron chi connectivity index (χ2n) is 2.41. The van der Waals surface area contributed by atoms with Crippen molar-refractivity contribution in [2.45, 2.75) is 5.38 Å². The zero-order chi connectivity index (χ0) is 6.85. The number of rotatable bonds is 1. The van der Waals surface area contributed by atoms with Crippen molar-refractivity contribution in [2.24, 2.45) is 5.92 Å². The van der Waals surface area contributed by atoms with Crippen molar-refractivity contribution in [1.82, 2.24) is 0 Å². The highest BCUT2D eigenvalue weighted by atomic mass is 35.5. The van der Waals surface area contributed by atoms with E-state index in [-0.39, 0.29) is 17.9 Å². The fourth-order valence-electron chi connectivity index (χ4n) is 1.07. The highest BCUT2D eigenvalue weighted by molar-refractivity contribution is 7.45. The fourth-order valence-corrected chi connectivity index (χ4v) is 3.83. The highest BCUT2D eigenvalue weighted by Crippen LogP contribution is 2.38. The summed E-state index contributed by atoms with van der Waals surface area (Å²) in [5.74, 6) is 0.0954. The van der Waals surface area contributed by atoms with Gasteiger partial charge in [-0.05, 0) is 0 Å².